The molecule has 0 saturated carbocycles. The first-order valence-corrected chi connectivity index (χ1v) is 9.83. The molecule has 2 unspecified atom stereocenters. The summed E-state index contributed by atoms with van der Waals surface area (Å²) in [5, 5.41) is 22.7. The highest BCUT2D eigenvalue weighted by atomic mass is 16.6. The number of amides is 1. The molecule has 31 heavy (non-hydrogen) atoms. The molecule has 1 fully saturated rings. The SMILES string of the molecule is CC(C)C(NC(=O)OC(C)(C)C)C(=O)O[C@@H]1C(O)[C@H](n2ccc(N)nc2=O)O[C@@H]1CO. The second-order valence-corrected chi connectivity index (χ2v) is 8.55. The molecule has 2 heterocycles. The van der Waals surface area contributed by atoms with Crippen molar-refractivity contribution in [2.45, 2.75) is 70.8 Å². The highest BCUT2D eigenvalue weighted by molar-refractivity contribution is 5.81. The number of anilines is 1. The molecule has 1 aliphatic heterocycles. The van der Waals surface area contributed by atoms with Gasteiger partial charge in [0.25, 0.3) is 0 Å². The van der Waals surface area contributed by atoms with Crippen LogP contribution in [0.2, 0.25) is 0 Å². The number of aliphatic hydroxyl groups excluding tert-OH is 2. The van der Waals surface area contributed by atoms with Gasteiger partial charge in [-0.3, -0.25) is 4.57 Å². The van der Waals surface area contributed by atoms with E-state index in [0.29, 0.717) is 0 Å². The zero-order valence-corrected chi connectivity index (χ0v) is 18.1. The minimum atomic E-state index is -1.49. The summed E-state index contributed by atoms with van der Waals surface area (Å²) in [6.07, 6.45) is -4.68. The highest BCUT2D eigenvalue weighted by Crippen LogP contribution is 2.31. The van der Waals surface area contributed by atoms with E-state index in [9.17, 15) is 24.6 Å². The van der Waals surface area contributed by atoms with E-state index >= 15 is 0 Å². The fraction of sp³-hybridized carbons (Fsp3) is 0.684. The van der Waals surface area contributed by atoms with Crippen molar-refractivity contribution in [3.8, 4) is 0 Å². The van der Waals surface area contributed by atoms with Gasteiger partial charge in [-0.05, 0) is 32.8 Å². The van der Waals surface area contributed by atoms with Gasteiger partial charge in [0.15, 0.2) is 12.3 Å². The van der Waals surface area contributed by atoms with Crippen LogP contribution in [-0.4, -0.2) is 68.4 Å². The Morgan fingerprint density at radius 1 is 1.39 bits per heavy atom. The molecule has 12 heteroatoms. The molecule has 5 N–H and O–H groups in total. The maximum absolute atomic E-state index is 12.8. The van der Waals surface area contributed by atoms with Gasteiger partial charge in [0.2, 0.25) is 0 Å². The summed E-state index contributed by atoms with van der Waals surface area (Å²) >= 11 is 0. The Hall–Kier alpha value is -2.70. The quantitative estimate of drug-likeness (QED) is 0.422. The van der Waals surface area contributed by atoms with Crippen LogP contribution < -0.4 is 16.7 Å². The molecule has 2 rings (SSSR count). The van der Waals surface area contributed by atoms with Gasteiger partial charge in [-0.25, -0.2) is 14.4 Å². The summed E-state index contributed by atoms with van der Waals surface area (Å²) in [6, 6.07) is 0.256. The number of ether oxygens (including phenoxy) is 3. The second kappa shape index (κ2) is 9.62. The molecule has 1 amide bonds. The first-order valence-electron chi connectivity index (χ1n) is 9.83. The Labute approximate surface area is 179 Å². The van der Waals surface area contributed by atoms with Crippen LogP contribution in [-0.2, 0) is 19.0 Å². The van der Waals surface area contributed by atoms with Crippen LogP contribution in [0.5, 0.6) is 0 Å². The lowest BCUT2D eigenvalue weighted by Gasteiger charge is -2.27. The second-order valence-electron chi connectivity index (χ2n) is 8.55. The molecule has 1 aromatic heterocycles. The molecule has 0 aromatic carbocycles. The summed E-state index contributed by atoms with van der Waals surface area (Å²) in [5.41, 5.74) is 3.92. The molecule has 174 valence electrons. The van der Waals surface area contributed by atoms with Gasteiger partial charge in [0.05, 0.1) is 6.61 Å². The number of carbonyl (C=O) groups excluding carboxylic acids is 2. The summed E-state index contributed by atoms with van der Waals surface area (Å²) in [4.78, 5) is 40.5. The lowest BCUT2D eigenvalue weighted by Crippen LogP contribution is -2.50. The third kappa shape index (κ3) is 6.15. The van der Waals surface area contributed by atoms with Crippen molar-refractivity contribution in [3.05, 3.63) is 22.7 Å². The van der Waals surface area contributed by atoms with Gasteiger partial charge in [0, 0.05) is 6.20 Å². The van der Waals surface area contributed by atoms with E-state index in [1.54, 1.807) is 34.6 Å². The predicted molar refractivity (Wildman–Crippen MR) is 108 cm³/mol. The largest absolute Gasteiger partial charge is 0.455 e. The van der Waals surface area contributed by atoms with Crippen molar-refractivity contribution < 1.29 is 34.0 Å². The number of esters is 1. The van der Waals surface area contributed by atoms with Crippen molar-refractivity contribution in [2.24, 2.45) is 5.92 Å². The summed E-state index contributed by atoms with van der Waals surface area (Å²) in [7, 11) is 0. The van der Waals surface area contributed by atoms with Gasteiger partial charge < -0.3 is 35.5 Å². The average Bonchev–Trinajstić information content (AvgIpc) is 2.94. The number of nitrogens with two attached hydrogens (primary N) is 1. The fourth-order valence-corrected chi connectivity index (χ4v) is 3.00. The summed E-state index contributed by atoms with van der Waals surface area (Å²) in [6.45, 7) is 7.84. The van der Waals surface area contributed by atoms with Gasteiger partial charge >= 0.3 is 17.8 Å². The summed E-state index contributed by atoms with van der Waals surface area (Å²) in [5.74, 6) is -1.23. The maximum atomic E-state index is 12.8. The van der Waals surface area contributed by atoms with Crippen LogP contribution in [0.4, 0.5) is 10.6 Å². The Bertz CT molecular complexity index is 850. The number of rotatable bonds is 6. The van der Waals surface area contributed by atoms with Crippen molar-refractivity contribution in [1.82, 2.24) is 14.9 Å². The Morgan fingerprint density at radius 3 is 2.55 bits per heavy atom. The Balaban J connectivity index is 2.17. The smallest absolute Gasteiger partial charge is 0.408 e. The minimum absolute atomic E-state index is 0.0107. The molecule has 1 saturated heterocycles. The maximum Gasteiger partial charge on any atom is 0.408 e. The topological polar surface area (TPSA) is 175 Å². The van der Waals surface area contributed by atoms with E-state index in [1.807, 2.05) is 0 Å². The molecular formula is C19H30N4O8. The number of carbonyl (C=O) groups is 2. The van der Waals surface area contributed by atoms with E-state index in [-0.39, 0.29) is 11.7 Å². The third-order valence-corrected chi connectivity index (χ3v) is 4.46. The van der Waals surface area contributed by atoms with Gasteiger partial charge in [0.1, 0.15) is 29.7 Å². The van der Waals surface area contributed by atoms with E-state index < -0.39 is 60.5 Å². The van der Waals surface area contributed by atoms with Crippen LogP contribution in [0.25, 0.3) is 0 Å². The van der Waals surface area contributed by atoms with Crippen LogP contribution in [0.3, 0.4) is 0 Å². The summed E-state index contributed by atoms with van der Waals surface area (Å²) < 4.78 is 17.1. The molecular weight excluding hydrogens is 412 g/mol. The number of alkyl carbamates (subject to hydrolysis) is 1. The van der Waals surface area contributed by atoms with Gasteiger partial charge in [-0.15, -0.1) is 0 Å². The molecule has 0 radical (unpaired) electrons. The molecule has 1 aromatic rings. The molecule has 0 spiro atoms. The van der Waals surface area contributed by atoms with Crippen molar-refractivity contribution in [2.75, 3.05) is 12.3 Å². The molecule has 0 bridgehead atoms. The number of nitrogen functional groups attached to an aromatic ring is 1. The van der Waals surface area contributed by atoms with Crippen molar-refractivity contribution >= 4 is 17.9 Å². The third-order valence-electron chi connectivity index (χ3n) is 4.46. The standard InChI is InChI=1S/C19H30N4O8/c1-9(2)12(22-18(28)31-19(3,4)5)16(26)30-14-10(8-24)29-15(13(14)25)23-7-6-11(20)21-17(23)27/h6-7,9-10,12-15,24-25H,8H2,1-5H3,(H,22,28)(H2,20,21,27)/t10-,12?,13?,14+,15-/m1/s1. The zero-order valence-electron chi connectivity index (χ0n) is 18.1. The zero-order chi connectivity index (χ0) is 23.5. The van der Waals surface area contributed by atoms with Crippen LogP contribution in [0, 0.1) is 5.92 Å². The Kier molecular flexibility index (Phi) is 7.63. The van der Waals surface area contributed by atoms with Crippen LogP contribution in [0.15, 0.2) is 17.1 Å². The predicted octanol–water partition coefficient (Wildman–Crippen LogP) is -0.463. The van der Waals surface area contributed by atoms with Gasteiger partial charge in [-0.2, -0.15) is 4.98 Å². The van der Waals surface area contributed by atoms with Crippen LogP contribution in [0.1, 0.15) is 40.8 Å². The number of hydrogen-bond acceptors (Lipinski definition) is 10. The number of nitrogens with one attached hydrogen (secondary N) is 1. The van der Waals surface area contributed by atoms with E-state index in [0.717, 1.165) is 4.57 Å². The first-order chi connectivity index (χ1) is 14.3. The number of aliphatic hydroxyl groups is 2. The molecule has 0 aliphatic carbocycles. The Morgan fingerprint density at radius 2 is 2.03 bits per heavy atom. The van der Waals surface area contributed by atoms with E-state index in [4.69, 9.17) is 19.9 Å². The minimum Gasteiger partial charge on any atom is -0.455 e. The lowest BCUT2D eigenvalue weighted by atomic mass is 10.0. The first kappa shape index (κ1) is 24.6. The molecule has 1 aliphatic rings. The number of aromatic nitrogens is 2. The lowest BCUT2D eigenvalue weighted by molar-refractivity contribution is -0.160. The monoisotopic (exact) mass is 442 g/mol. The number of nitrogens with zero attached hydrogens (tertiary/aromatic N) is 2. The van der Waals surface area contributed by atoms with Crippen molar-refractivity contribution in [3.63, 3.8) is 0 Å². The molecule has 12 nitrogen and oxygen atoms in total. The highest BCUT2D eigenvalue weighted by Gasteiger charge is 2.48. The normalized spacial score (nSPS) is 24.6. The van der Waals surface area contributed by atoms with E-state index in [1.165, 1.54) is 12.3 Å². The molecule has 5 atom stereocenters. The fourth-order valence-electron chi connectivity index (χ4n) is 3.00. The van der Waals surface area contributed by atoms with E-state index in [2.05, 4.69) is 10.3 Å². The average molecular weight is 442 g/mol. The number of hydrogen-bond donors (Lipinski definition) is 4. The van der Waals surface area contributed by atoms with Crippen LogP contribution >= 0.6 is 0 Å². The van der Waals surface area contributed by atoms with Gasteiger partial charge in [-0.1, -0.05) is 13.8 Å². The van der Waals surface area contributed by atoms with Crippen molar-refractivity contribution in [1.29, 1.82) is 0 Å².